The fourth-order valence-corrected chi connectivity index (χ4v) is 1.71. The smallest absolute Gasteiger partial charge is 0.341 e. The van der Waals surface area contributed by atoms with Crippen LogP contribution in [-0.2, 0) is 14.3 Å². The van der Waals surface area contributed by atoms with Gasteiger partial charge in [-0.2, -0.15) is 0 Å². The lowest BCUT2D eigenvalue weighted by atomic mass is 10.1. The van der Waals surface area contributed by atoms with Crippen LogP contribution in [0.25, 0.3) is 6.08 Å². The number of hydrogen-bond donors (Lipinski definition) is 0. The number of rotatable bonds is 5. The molecule has 0 aliphatic carbocycles. The number of ether oxygens (including phenoxy) is 1. The first-order valence-electron chi connectivity index (χ1n) is 5.71. The van der Waals surface area contributed by atoms with Gasteiger partial charge in [0.25, 0.3) is 5.69 Å². The number of benzene rings is 1. The summed E-state index contributed by atoms with van der Waals surface area (Å²) in [6.45, 7) is 2.93. The van der Waals surface area contributed by atoms with Crippen molar-refractivity contribution >= 4 is 35.1 Å². The number of nitrogens with zero attached hydrogens (tertiary/aromatic N) is 1. The van der Waals surface area contributed by atoms with Crippen LogP contribution in [0.4, 0.5) is 5.69 Å². The maximum absolute atomic E-state index is 11.6. The SMILES string of the molecule is CCOC(=O)C(=Cc1cccc([N+](=O)[O-])c1Cl)C(C)=O. The molecule has 6 nitrogen and oxygen atoms in total. The second kappa shape index (κ2) is 6.81. The van der Waals surface area contributed by atoms with E-state index in [0.29, 0.717) is 0 Å². The highest BCUT2D eigenvalue weighted by Crippen LogP contribution is 2.29. The van der Waals surface area contributed by atoms with Crippen molar-refractivity contribution in [2.75, 3.05) is 6.61 Å². The average Bonchev–Trinajstić information content (AvgIpc) is 2.36. The number of carbonyl (C=O) groups excluding carboxylic acids is 2. The van der Waals surface area contributed by atoms with E-state index in [2.05, 4.69) is 0 Å². The standard InChI is InChI=1S/C13H12ClNO5/c1-3-20-13(17)10(8(2)16)7-9-5-4-6-11(12(9)14)15(18)19/h4-7H,3H2,1-2H3. The van der Waals surface area contributed by atoms with Gasteiger partial charge in [-0.3, -0.25) is 14.9 Å². The second-order valence-electron chi connectivity index (χ2n) is 3.77. The van der Waals surface area contributed by atoms with Crippen molar-refractivity contribution in [1.82, 2.24) is 0 Å². The molecular formula is C13H12ClNO5. The normalized spacial score (nSPS) is 11.1. The van der Waals surface area contributed by atoms with Crippen LogP contribution in [0.15, 0.2) is 23.8 Å². The van der Waals surface area contributed by atoms with E-state index in [1.165, 1.54) is 31.2 Å². The van der Waals surface area contributed by atoms with E-state index < -0.39 is 16.7 Å². The number of Topliss-reactive ketones (excluding diaryl/α,β-unsaturated/α-hetero) is 1. The predicted octanol–water partition coefficient (Wildman–Crippen LogP) is 2.78. The van der Waals surface area contributed by atoms with Crippen molar-refractivity contribution in [3.05, 3.63) is 44.5 Å². The number of esters is 1. The van der Waals surface area contributed by atoms with E-state index >= 15 is 0 Å². The zero-order valence-electron chi connectivity index (χ0n) is 10.9. The van der Waals surface area contributed by atoms with Crippen LogP contribution in [0.5, 0.6) is 0 Å². The highest BCUT2D eigenvalue weighted by molar-refractivity contribution is 6.34. The highest BCUT2D eigenvalue weighted by Gasteiger charge is 2.19. The van der Waals surface area contributed by atoms with Gasteiger partial charge in [-0.15, -0.1) is 0 Å². The first kappa shape index (κ1) is 15.8. The lowest BCUT2D eigenvalue weighted by Crippen LogP contribution is -2.13. The molecule has 0 radical (unpaired) electrons. The van der Waals surface area contributed by atoms with E-state index in [4.69, 9.17) is 16.3 Å². The number of nitro groups is 1. The second-order valence-corrected chi connectivity index (χ2v) is 4.15. The summed E-state index contributed by atoms with van der Waals surface area (Å²) in [5.74, 6) is -1.30. The molecule has 0 amide bonds. The lowest BCUT2D eigenvalue weighted by molar-refractivity contribution is -0.384. The Balaban J connectivity index is 3.32. The Hall–Kier alpha value is -2.21. The van der Waals surface area contributed by atoms with Gasteiger partial charge in [0.2, 0.25) is 0 Å². The Morgan fingerprint density at radius 1 is 1.45 bits per heavy atom. The topological polar surface area (TPSA) is 86.5 Å². The molecule has 0 N–H and O–H groups in total. The molecule has 0 saturated heterocycles. The van der Waals surface area contributed by atoms with E-state index in [-0.39, 0.29) is 28.5 Å². The highest BCUT2D eigenvalue weighted by atomic mass is 35.5. The van der Waals surface area contributed by atoms with Crippen LogP contribution >= 0.6 is 11.6 Å². The van der Waals surface area contributed by atoms with Gasteiger partial charge in [-0.1, -0.05) is 23.7 Å². The molecule has 0 bridgehead atoms. The summed E-state index contributed by atoms with van der Waals surface area (Å²) in [5.41, 5.74) is -0.305. The van der Waals surface area contributed by atoms with Crippen molar-refractivity contribution in [1.29, 1.82) is 0 Å². The molecule has 0 fully saturated rings. The van der Waals surface area contributed by atoms with E-state index in [1.54, 1.807) is 6.92 Å². The van der Waals surface area contributed by atoms with Crippen LogP contribution in [-0.4, -0.2) is 23.3 Å². The molecule has 0 aliphatic rings. The van der Waals surface area contributed by atoms with Gasteiger partial charge in [-0.25, -0.2) is 4.79 Å². The third-order valence-electron chi connectivity index (χ3n) is 2.38. The Kier molecular flexibility index (Phi) is 5.40. The van der Waals surface area contributed by atoms with Crippen molar-refractivity contribution < 1.29 is 19.2 Å². The van der Waals surface area contributed by atoms with Crippen LogP contribution in [0.3, 0.4) is 0 Å². The number of hydrogen-bond acceptors (Lipinski definition) is 5. The Morgan fingerprint density at radius 3 is 2.60 bits per heavy atom. The zero-order valence-corrected chi connectivity index (χ0v) is 11.6. The number of ketones is 1. The van der Waals surface area contributed by atoms with Gasteiger partial charge in [-0.05, 0) is 19.9 Å². The minimum Gasteiger partial charge on any atom is -0.462 e. The summed E-state index contributed by atoms with van der Waals surface area (Å²) in [4.78, 5) is 33.2. The summed E-state index contributed by atoms with van der Waals surface area (Å²) in [6, 6.07) is 4.12. The molecule has 0 atom stereocenters. The molecule has 0 saturated carbocycles. The van der Waals surface area contributed by atoms with Crippen molar-refractivity contribution in [2.24, 2.45) is 0 Å². The minimum absolute atomic E-state index is 0.117. The Bertz CT molecular complexity index is 594. The molecule has 0 heterocycles. The molecular weight excluding hydrogens is 286 g/mol. The number of carbonyl (C=O) groups is 2. The molecule has 0 aliphatic heterocycles. The third kappa shape index (κ3) is 3.64. The Labute approximate surface area is 120 Å². The molecule has 0 aromatic heterocycles. The first-order valence-corrected chi connectivity index (χ1v) is 6.09. The van der Waals surface area contributed by atoms with Gasteiger partial charge >= 0.3 is 5.97 Å². The molecule has 0 unspecified atom stereocenters. The minimum atomic E-state index is -0.789. The predicted molar refractivity (Wildman–Crippen MR) is 73.4 cm³/mol. The van der Waals surface area contributed by atoms with E-state index in [1.807, 2.05) is 0 Å². The van der Waals surface area contributed by atoms with Gasteiger partial charge in [0.15, 0.2) is 5.78 Å². The van der Waals surface area contributed by atoms with Gasteiger partial charge < -0.3 is 4.74 Å². The van der Waals surface area contributed by atoms with Gasteiger partial charge in [0.1, 0.15) is 10.6 Å². The quantitative estimate of drug-likeness (QED) is 0.208. The third-order valence-corrected chi connectivity index (χ3v) is 2.79. The molecule has 1 aromatic carbocycles. The summed E-state index contributed by atoms with van der Waals surface area (Å²) < 4.78 is 4.75. The molecule has 7 heteroatoms. The van der Waals surface area contributed by atoms with Crippen molar-refractivity contribution in [3.63, 3.8) is 0 Å². The maximum atomic E-state index is 11.6. The first-order chi connectivity index (χ1) is 9.38. The average molecular weight is 298 g/mol. The van der Waals surface area contributed by atoms with Crippen LogP contribution in [0.2, 0.25) is 5.02 Å². The maximum Gasteiger partial charge on any atom is 0.341 e. The van der Waals surface area contributed by atoms with Crippen molar-refractivity contribution in [3.8, 4) is 0 Å². The van der Waals surface area contributed by atoms with Crippen LogP contribution < -0.4 is 0 Å². The van der Waals surface area contributed by atoms with E-state index in [9.17, 15) is 19.7 Å². The summed E-state index contributed by atoms with van der Waals surface area (Å²) in [5, 5.41) is 10.6. The van der Waals surface area contributed by atoms with Crippen LogP contribution in [0.1, 0.15) is 19.4 Å². The Morgan fingerprint density at radius 2 is 2.10 bits per heavy atom. The fraction of sp³-hybridized carbons (Fsp3) is 0.231. The molecule has 1 rings (SSSR count). The van der Waals surface area contributed by atoms with Gasteiger partial charge in [0, 0.05) is 11.6 Å². The van der Waals surface area contributed by atoms with Gasteiger partial charge in [0.05, 0.1) is 11.5 Å². The summed E-state index contributed by atoms with van der Waals surface area (Å²) >= 11 is 5.88. The fourth-order valence-electron chi connectivity index (χ4n) is 1.46. The van der Waals surface area contributed by atoms with E-state index in [0.717, 1.165) is 0 Å². The number of halogens is 1. The zero-order chi connectivity index (χ0) is 15.3. The van der Waals surface area contributed by atoms with Crippen LogP contribution in [0, 0.1) is 10.1 Å². The summed E-state index contributed by atoms with van der Waals surface area (Å²) in [6.07, 6.45) is 1.19. The monoisotopic (exact) mass is 297 g/mol. The largest absolute Gasteiger partial charge is 0.462 e. The molecule has 1 aromatic rings. The molecule has 106 valence electrons. The van der Waals surface area contributed by atoms with Crippen molar-refractivity contribution in [2.45, 2.75) is 13.8 Å². The molecule has 20 heavy (non-hydrogen) atoms. The lowest BCUT2D eigenvalue weighted by Gasteiger charge is -2.05. The summed E-state index contributed by atoms with van der Waals surface area (Å²) in [7, 11) is 0. The molecule has 0 spiro atoms. The number of nitro benzene ring substituents is 1.